The molecule has 0 aromatic heterocycles. The molecule has 2 fully saturated rings. The highest BCUT2D eigenvalue weighted by atomic mass is 16.5. The lowest BCUT2D eigenvalue weighted by Gasteiger charge is -2.41. The van der Waals surface area contributed by atoms with Crippen LogP contribution in [0.4, 0.5) is 0 Å². The fourth-order valence-corrected chi connectivity index (χ4v) is 4.50. The lowest BCUT2D eigenvalue weighted by molar-refractivity contribution is -0.145. The normalized spacial score (nSPS) is 37.7. The molecule has 0 aromatic rings. The Balaban J connectivity index is 2.15. The molecule has 2 aliphatic carbocycles. The predicted octanol–water partition coefficient (Wildman–Crippen LogP) is 3.38. The third kappa shape index (κ3) is 2.18. The molecule has 2 rings (SSSR count). The summed E-state index contributed by atoms with van der Waals surface area (Å²) in [4.78, 5) is 12.1. The second kappa shape index (κ2) is 5.32. The maximum absolute atomic E-state index is 12.1. The van der Waals surface area contributed by atoms with E-state index in [-0.39, 0.29) is 12.0 Å². The first kappa shape index (κ1) is 15.8. The van der Waals surface area contributed by atoms with Crippen molar-refractivity contribution in [2.75, 3.05) is 7.11 Å². The van der Waals surface area contributed by atoms with E-state index in [1.54, 1.807) is 0 Å². The van der Waals surface area contributed by atoms with Crippen LogP contribution in [-0.4, -0.2) is 25.2 Å². The molecule has 2 bridgehead atoms. The summed E-state index contributed by atoms with van der Waals surface area (Å²) in [5, 5.41) is 3.67. The monoisotopic (exact) mass is 281 g/mol. The molecule has 0 heterocycles. The predicted molar refractivity (Wildman–Crippen MR) is 81.4 cm³/mol. The Labute approximate surface area is 123 Å². The summed E-state index contributed by atoms with van der Waals surface area (Å²) in [6, 6.07) is 0.274. The molecular weight excluding hydrogens is 250 g/mol. The lowest BCUT2D eigenvalue weighted by atomic mass is 9.69. The van der Waals surface area contributed by atoms with Crippen molar-refractivity contribution in [3.8, 4) is 0 Å². The second-order valence-corrected chi connectivity index (χ2v) is 7.72. The van der Waals surface area contributed by atoms with Gasteiger partial charge in [-0.05, 0) is 41.9 Å². The largest absolute Gasteiger partial charge is 0.468 e. The first-order valence-corrected chi connectivity index (χ1v) is 8.11. The van der Waals surface area contributed by atoms with E-state index < -0.39 is 0 Å². The van der Waals surface area contributed by atoms with Crippen molar-refractivity contribution in [3.63, 3.8) is 0 Å². The topological polar surface area (TPSA) is 38.3 Å². The molecule has 0 aliphatic heterocycles. The van der Waals surface area contributed by atoms with Crippen molar-refractivity contribution >= 4 is 5.97 Å². The van der Waals surface area contributed by atoms with E-state index in [0.717, 1.165) is 12.3 Å². The van der Waals surface area contributed by atoms with Crippen molar-refractivity contribution < 1.29 is 9.53 Å². The number of nitrogens with one attached hydrogen (secondary N) is 1. The molecule has 0 unspecified atom stereocenters. The number of methoxy groups -OCH3 is 1. The number of rotatable bonds is 5. The van der Waals surface area contributed by atoms with E-state index in [1.807, 2.05) is 0 Å². The molecular formula is C17H31NO2. The summed E-state index contributed by atoms with van der Waals surface area (Å²) in [5.74, 6) is 0.997. The van der Waals surface area contributed by atoms with Crippen LogP contribution in [-0.2, 0) is 9.53 Å². The van der Waals surface area contributed by atoms with Gasteiger partial charge in [0, 0.05) is 6.04 Å². The Bertz CT molecular complexity index is 379. The van der Waals surface area contributed by atoms with E-state index in [2.05, 4.69) is 39.9 Å². The first-order valence-electron chi connectivity index (χ1n) is 8.11. The van der Waals surface area contributed by atoms with Crippen LogP contribution in [0.25, 0.3) is 0 Å². The smallest absolute Gasteiger partial charge is 0.323 e. The highest BCUT2D eigenvalue weighted by molar-refractivity contribution is 5.76. The van der Waals surface area contributed by atoms with Crippen LogP contribution in [0.1, 0.15) is 60.3 Å². The standard InChI is InChI=1S/C17H31NO2/c1-7-11(2)14(15(19)20-6)18-13-10-12-8-9-17(13,5)16(12,3)4/h11-14,18H,7-10H2,1-6H3/t11-,12+,13+,14-,17-/m0/s1. The molecule has 0 spiro atoms. The molecule has 2 saturated carbocycles. The Morgan fingerprint density at radius 3 is 2.45 bits per heavy atom. The van der Waals surface area contributed by atoms with Gasteiger partial charge in [-0.2, -0.15) is 0 Å². The minimum atomic E-state index is -0.165. The van der Waals surface area contributed by atoms with E-state index >= 15 is 0 Å². The zero-order valence-corrected chi connectivity index (χ0v) is 14.0. The van der Waals surface area contributed by atoms with Gasteiger partial charge < -0.3 is 10.1 Å². The Kier molecular flexibility index (Phi) is 4.21. The van der Waals surface area contributed by atoms with Crippen molar-refractivity contribution in [2.45, 2.75) is 72.4 Å². The van der Waals surface area contributed by atoms with E-state index in [4.69, 9.17) is 4.74 Å². The van der Waals surface area contributed by atoms with Gasteiger partial charge in [-0.1, -0.05) is 41.0 Å². The van der Waals surface area contributed by atoms with Gasteiger partial charge in [0.25, 0.3) is 0 Å². The molecule has 2 aliphatic rings. The summed E-state index contributed by atoms with van der Waals surface area (Å²) in [5.41, 5.74) is 0.679. The number of ether oxygens (including phenoxy) is 1. The Hall–Kier alpha value is -0.570. The highest BCUT2D eigenvalue weighted by Crippen LogP contribution is 2.65. The van der Waals surface area contributed by atoms with Gasteiger partial charge in [-0.15, -0.1) is 0 Å². The first-order chi connectivity index (χ1) is 9.27. The summed E-state index contributed by atoms with van der Waals surface area (Å²) in [6.07, 6.45) is 4.81. The molecule has 0 amide bonds. The molecule has 0 aromatic carbocycles. The van der Waals surface area contributed by atoms with Gasteiger partial charge in [0.15, 0.2) is 0 Å². The summed E-state index contributed by atoms with van der Waals surface area (Å²) >= 11 is 0. The van der Waals surface area contributed by atoms with Crippen molar-refractivity contribution in [1.82, 2.24) is 5.32 Å². The summed E-state index contributed by atoms with van der Waals surface area (Å²) < 4.78 is 5.01. The van der Waals surface area contributed by atoms with Gasteiger partial charge in [-0.3, -0.25) is 4.79 Å². The maximum atomic E-state index is 12.1. The zero-order chi connectivity index (χ0) is 15.1. The Morgan fingerprint density at radius 1 is 1.40 bits per heavy atom. The van der Waals surface area contributed by atoms with E-state index in [9.17, 15) is 4.79 Å². The second-order valence-electron chi connectivity index (χ2n) is 7.72. The maximum Gasteiger partial charge on any atom is 0.323 e. The molecule has 3 heteroatoms. The molecule has 5 atom stereocenters. The quantitative estimate of drug-likeness (QED) is 0.785. The van der Waals surface area contributed by atoms with Crippen molar-refractivity contribution in [1.29, 1.82) is 0 Å². The molecule has 0 saturated heterocycles. The number of carbonyl (C=O) groups is 1. The van der Waals surface area contributed by atoms with Crippen LogP contribution in [0.5, 0.6) is 0 Å². The van der Waals surface area contributed by atoms with Crippen LogP contribution in [0.2, 0.25) is 0 Å². The molecule has 0 radical (unpaired) electrons. The molecule has 116 valence electrons. The lowest BCUT2D eigenvalue weighted by Crippen LogP contribution is -2.53. The van der Waals surface area contributed by atoms with Crippen LogP contribution in [0.3, 0.4) is 0 Å². The fraction of sp³-hybridized carbons (Fsp3) is 0.941. The SMILES string of the molecule is CC[C@H](C)[C@H](N[C@@H]1C[C@H]2CC[C@]1(C)C2(C)C)C(=O)OC. The number of fused-ring (bicyclic) bond motifs is 2. The van der Waals surface area contributed by atoms with Crippen LogP contribution in [0, 0.1) is 22.7 Å². The van der Waals surface area contributed by atoms with Crippen LogP contribution >= 0.6 is 0 Å². The van der Waals surface area contributed by atoms with Gasteiger partial charge in [-0.25, -0.2) is 0 Å². The fourth-order valence-electron chi connectivity index (χ4n) is 4.50. The highest BCUT2D eigenvalue weighted by Gasteiger charge is 2.61. The zero-order valence-electron chi connectivity index (χ0n) is 14.0. The minimum absolute atomic E-state index is 0.108. The third-order valence-corrected chi connectivity index (χ3v) is 6.84. The van der Waals surface area contributed by atoms with Gasteiger partial charge in [0.05, 0.1) is 7.11 Å². The minimum Gasteiger partial charge on any atom is -0.468 e. The van der Waals surface area contributed by atoms with Crippen molar-refractivity contribution in [3.05, 3.63) is 0 Å². The van der Waals surface area contributed by atoms with Gasteiger partial charge in [0.1, 0.15) is 6.04 Å². The number of hydrogen-bond donors (Lipinski definition) is 1. The Morgan fingerprint density at radius 2 is 2.05 bits per heavy atom. The number of esters is 1. The molecule has 1 N–H and O–H groups in total. The van der Waals surface area contributed by atoms with Crippen LogP contribution in [0.15, 0.2) is 0 Å². The van der Waals surface area contributed by atoms with Crippen LogP contribution < -0.4 is 5.32 Å². The number of carbonyl (C=O) groups excluding carboxylic acids is 1. The average molecular weight is 281 g/mol. The van der Waals surface area contributed by atoms with Crippen molar-refractivity contribution in [2.24, 2.45) is 22.7 Å². The average Bonchev–Trinajstić information content (AvgIpc) is 2.75. The van der Waals surface area contributed by atoms with Gasteiger partial charge in [0.2, 0.25) is 0 Å². The van der Waals surface area contributed by atoms with E-state index in [1.165, 1.54) is 26.4 Å². The van der Waals surface area contributed by atoms with E-state index in [0.29, 0.717) is 22.8 Å². The third-order valence-electron chi connectivity index (χ3n) is 6.84. The molecule has 3 nitrogen and oxygen atoms in total. The number of hydrogen-bond acceptors (Lipinski definition) is 3. The molecule has 20 heavy (non-hydrogen) atoms. The summed E-state index contributed by atoms with van der Waals surface area (Å²) in [6.45, 7) is 11.5. The van der Waals surface area contributed by atoms with Gasteiger partial charge >= 0.3 is 5.97 Å². The summed E-state index contributed by atoms with van der Waals surface area (Å²) in [7, 11) is 1.49.